The number of carbonyl (C=O) groups excluding carboxylic acids is 1. The normalized spacial score (nSPS) is 15.5. The maximum atomic E-state index is 11.9. The van der Waals surface area contributed by atoms with Gasteiger partial charge in [-0.15, -0.1) is 11.3 Å². The van der Waals surface area contributed by atoms with Crippen LogP contribution in [0.1, 0.15) is 37.0 Å². The fourth-order valence-corrected chi connectivity index (χ4v) is 3.77. The molecule has 0 radical (unpaired) electrons. The summed E-state index contributed by atoms with van der Waals surface area (Å²) >= 11 is 1.70. The van der Waals surface area contributed by atoms with Crippen molar-refractivity contribution in [3.05, 3.63) is 35.6 Å². The molecule has 1 aliphatic heterocycles. The lowest BCUT2D eigenvalue weighted by atomic mass is 10.2. The van der Waals surface area contributed by atoms with E-state index in [0.717, 1.165) is 62.4 Å². The Hall–Kier alpha value is -1.79. The van der Waals surface area contributed by atoms with Gasteiger partial charge in [0.1, 0.15) is 5.01 Å². The van der Waals surface area contributed by atoms with Gasteiger partial charge in [0, 0.05) is 55.1 Å². The van der Waals surface area contributed by atoms with Crippen molar-refractivity contribution in [2.45, 2.75) is 38.6 Å². The van der Waals surface area contributed by atoms with Crippen molar-refractivity contribution in [3.8, 4) is 10.6 Å². The second-order valence-corrected chi connectivity index (χ2v) is 7.21. The Kier molecular flexibility index (Phi) is 6.32. The first-order valence-electron chi connectivity index (χ1n) is 8.66. The van der Waals surface area contributed by atoms with E-state index in [0.29, 0.717) is 5.91 Å². The van der Waals surface area contributed by atoms with Crippen LogP contribution >= 0.6 is 11.3 Å². The molecule has 0 bridgehead atoms. The fraction of sp³-hybridized carbons (Fsp3) is 0.500. The Bertz CT molecular complexity index is 643. The number of hydrogen-bond acceptors (Lipinski definition) is 5. The molecule has 0 spiro atoms. The van der Waals surface area contributed by atoms with Gasteiger partial charge in [-0.25, -0.2) is 4.98 Å². The van der Waals surface area contributed by atoms with Crippen LogP contribution in [0, 0.1) is 0 Å². The van der Waals surface area contributed by atoms with Crippen LogP contribution in [0.3, 0.4) is 0 Å². The third-order valence-electron chi connectivity index (χ3n) is 4.21. The number of amides is 1. The zero-order valence-corrected chi connectivity index (χ0v) is 14.7. The highest BCUT2D eigenvalue weighted by Gasteiger charge is 2.15. The lowest BCUT2D eigenvalue weighted by Crippen LogP contribution is -2.32. The summed E-state index contributed by atoms with van der Waals surface area (Å²) in [6, 6.07) is 3.96. The number of aromatic nitrogens is 2. The average Bonchev–Trinajstić information content (AvgIpc) is 2.99. The quantitative estimate of drug-likeness (QED) is 0.784. The second-order valence-electron chi connectivity index (χ2n) is 6.10. The largest absolute Gasteiger partial charge is 0.343 e. The predicted molar refractivity (Wildman–Crippen MR) is 96.7 cm³/mol. The minimum absolute atomic E-state index is 0.330. The summed E-state index contributed by atoms with van der Waals surface area (Å²) in [5, 5.41) is 4.46. The molecule has 3 rings (SSSR count). The molecular weight excluding hydrogens is 320 g/mol. The third-order valence-corrected chi connectivity index (χ3v) is 5.26. The molecule has 128 valence electrons. The lowest BCUT2D eigenvalue weighted by Gasteiger charge is -2.20. The standard InChI is InChI=1S/C18H24N4OS/c23-17-7-2-1-3-10-22(17)11-5-9-20-13-16-14-21-18(24-16)15-6-4-8-19-12-15/h4,6,8,12,14,20H,1-3,5,7,9-11,13H2. The monoisotopic (exact) mass is 344 g/mol. The average molecular weight is 344 g/mol. The van der Waals surface area contributed by atoms with E-state index in [4.69, 9.17) is 0 Å². The van der Waals surface area contributed by atoms with Crippen molar-refractivity contribution >= 4 is 17.2 Å². The Labute approximate surface area is 147 Å². The Morgan fingerprint density at radius 3 is 3.08 bits per heavy atom. The summed E-state index contributed by atoms with van der Waals surface area (Å²) in [6.07, 6.45) is 10.7. The molecule has 1 saturated heterocycles. The van der Waals surface area contributed by atoms with Crippen LogP contribution in [-0.2, 0) is 11.3 Å². The first-order valence-corrected chi connectivity index (χ1v) is 9.48. The first-order chi connectivity index (χ1) is 11.8. The summed E-state index contributed by atoms with van der Waals surface area (Å²) in [4.78, 5) is 23.8. The summed E-state index contributed by atoms with van der Waals surface area (Å²) in [5.41, 5.74) is 1.06. The van der Waals surface area contributed by atoms with Gasteiger partial charge < -0.3 is 10.2 Å². The van der Waals surface area contributed by atoms with E-state index in [2.05, 4.69) is 15.3 Å². The maximum Gasteiger partial charge on any atom is 0.222 e. The number of nitrogens with one attached hydrogen (secondary N) is 1. The van der Waals surface area contributed by atoms with Crippen LogP contribution in [0.15, 0.2) is 30.7 Å². The number of thiazole rings is 1. The van der Waals surface area contributed by atoms with Crippen molar-refractivity contribution < 1.29 is 4.79 Å². The maximum absolute atomic E-state index is 11.9. The van der Waals surface area contributed by atoms with Gasteiger partial charge in [0.25, 0.3) is 0 Å². The molecule has 2 aromatic rings. The molecule has 1 N–H and O–H groups in total. The van der Waals surface area contributed by atoms with Crippen LogP contribution in [0.25, 0.3) is 10.6 Å². The topological polar surface area (TPSA) is 58.1 Å². The van der Waals surface area contributed by atoms with Crippen LogP contribution in [-0.4, -0.2) is 40.4 Å². The van der Waals surface area contributed by atoms with Gasteiger partial charge in [0.05, 0.1) is 0 Å². The van der Waals surface area contributed by atoms with Gasteiger partial charge >= 0.3 is 0 Å². The molecule has 2 aromatic heterocycles. The van der Waals surface area contributed by atoms with Crippen molar-refractivity contribution in [1.82, 2.24) is 20.2 Å². The summed E-state index contributed by atoms with van der Waals surface area (Å²) < 4.78 is 0. The zero-order valence-electron chi connectivity index (χ0n) is 13.9. The van der Waals surface area contributed by atoms with Gasteiger partial charge in [0.2, 0.25) is 5.91 Å². The van der Waals surface area contributed by atoms with E-state index in [1.165, 1.54) is 11.3 Å². The van der Waals surface area contributed by atoms with Crippen LogP contribution in [0.5, 0.6) is 0 Å². The SMILES string of the molecule is O=C1CCCCCN1CCCNCc1cnc(-c2cccnc2)s1. The molecule has 0 aliphatic carbocycles. The van der Waals surface area contributed by atoms with Crippen molar-refractivity contribution in [2.24, 2.45) is 0 Å². The summed E-state index contributed by atoms with van der Waals surface area (Å²) in [6.45, 7) is 3.55. The molecule has 1 fully saturated rings. The summed E-state index contributed by atoms with van der Waals surface area (Å²) in [5.74, 6) is 0.330. The summed E-state index contributed by atoms with van der Waals surface area (Å²) in [7, 11) is 0. The first kappa shape index (κ1) is 17.0. The third kappa shape index (κ3) is 4.85. The van der Waals surface area contributed by atoms with Gasteiger partial charge in [-0.2, -0.15) is 0 Å². The molecule has 0 aromatic carbocycles. The van der Waals surface area contributed by atoms with Gasteiger partial charge in [0.15, 0.2) is 0 Å². The fourth-order valence-electron chi connectivity index (χ4n) is 2.89. The predicted octanol–water partition coefficient (Wildman–Crippen LogP) is 3.09. The van der Waals surface area contributed by atoms with Crippen LogP contribution in [0.2, 0.25) is 0 Å². The van der Waals surface area contributed by atoms with E-state index in [1.807, 2.05) is 29.4 Å². The molecule has 6 heteroatoms. The van der Waals surface area contributed by atoms with Gasteiger partial charge in [-0.05, 0) is 37.9 Å². The van der Waals surface area contributed by atoms with Crippen LogP contribution in [0.4, 0.5) is 0 Å². The van der Waals surface area contributed by atoms with Crippen molar-refractivity contribution in [3.63, 3.8) is 0 Å². The highest BCUT2D eigenvalue weighted by atomic mass is 32.1. The highest BCUT2D eigenvalue weighted by Crippen LogP contribution is 2.23. The minimum atomic E-state index is 0.330. The molecule has 1 amide bonds. The molecule has 3 heterocycles. The Morgan fingerprint density at radius 2 is 2.21 bits per heavy atom. The smallest absolute Gasteiger partial charge is 0.222 e. The van der Waals surface area contributed by atoms with Crippen molar-refractivity contribution in [2.75, 3.05) is 19.6 Å². The number of likely N-dealkylation sites (tertiary alicyclic amines) is 1. The Morgan fingerprint density at radius 1 is 1.25 bits per heavy atom. The van der Waals surface area contributed by atoms with Crippen LogP contribution < -0.4 is 5.32 Å². The molecule has 0 saturated carbocycles. The number of carbonyl (C=O) groups is 1. The van der Waals surface area contributed by atoms with E-state index < -0.39 is 0 Å². The zero-order chi connectivity index (χ0) is 16.6. The number of nitrogens with zero attached hydrogens (tertiary/aromatic N) is 3. The van der Waals surface area contributed by atoms with E-state index in [9.17, 15) is 4.79 Å². The van der Waals surface area contributed by atoms with E-state index >= 15 is 0 Å². The second kappa shape index (κ2) is 8.89. The Balaban J connectivity index is 1.38. The van der Waals surface area contributed by atoms with Gasteiger partial charge in [-0.1, -0.05) is 6.42 Å². The number of hydrogen-bond donors (Lipinski definition) is 1. The van der Waals surface area contributed by atoms with Gasteiger partial charge in [-0.3, -0.25) is 9.78 Å². The molecule has 0 unspecified atom stereocenters. The molecular formula is C18H24N4OS. The number of rotatable bonds is 7. The van der Waals surface area contributed by atoms with E-state index in [-0.39, 0.29) is 0 Å². The molecule has 1 aliphatic rings. The van der Waals surface area contributed by atoms with Crippen molar-refractivity contribution in [1.29, 1.82) is 0 Å². The van der Waals surface area contributed by atoms with E-state index in [1.54, 1.807) is 17.5 Å². The molecule has 0 atom stereocenters. The lowest BCUT2D eigenvalue weighted by molar-refractivity contribution is -0.130. The molecule has 24 heavy (non-hydrogen) atoms. The minimum Gasteiger partial charge on any atom is -0.343 e. The molecule has 5 nitrogen and oxygen atoms in total. The highest BCUT2D eigenvalue weighted by molar-refractivity contribution is 7.15. The number of pyridine rings is 1.